The van der Waals surface area contributed by atoms with Gasteiger partial charge in [0, 0.05) is 5.22 Å². The third kappa shape index (κ3) is 3.48. The maximum atomic E-state index is 6.94. The summed E-state index contributed by atoms with van der Waals surface area (Å²) in [5.74, 6) is 0. The maximum absolute atomic E-state index is 6.94. The van der Waals surface area contributed by atoms with Crippen LogP contribution >= 0.6 is 0 Å². The molecule has 0 saturated carbocycles. The van der Waals surface area contributed by atoms with Gasteiger partial charge in [0.2, 0.25) is 0 Å². The molecule has 0 fully saturated rings. The highest BCUT2D eigenvalue weighted by atomic mass is 28.4. The Hall–Kier alpha value is 0.394. The smallest absolute Gasteiger partial charge is 0.192 e. The highest BCUT2D eigenvalue weighted by Gasteiger charge is 2.49. The number of hydrogen-bond donors (Lipinski definition) is 0. The predicted molar refractivity (Wildman–Crippen MR) is 89.6 cm³/mol. The molecule has 0 aromatic rings. The minimum Gasteiger partial charge on any atom is -0.414 e. The lowest BCUT2D eigenvalue weighted by molar-refractivity contribution is 0.115. The average Bonchev–Trinajstić information content (AvgIpc) is 2.23. The van der Waals surface area contributed by atoms with E-state index in [0.29, 0.717) is 5.04 Å². The van der Waals surface area contributed by atoms with E-state index in [9.17, 15) is 0 Å². The fraction of sp³-hybridized carbons (Fsp3) is 1.00. The fourth-order valence-corrected chi connectivity index (χ4v) is 9.17. The molecule has 0 bridgehead atoms. The lowest BCUT2D eigenvalue weighted by Crippen LogP contribution is -2.60. The molecule has 18 heavy (non-hydrogen) atoms. The maximum Gasteiger partial charge on any atom is 0.192 e. The summed E-state index contributed by atoms with van der Waals surface area (Å²) in [5, 5.41) is 0.511. The first kappa shape index (κ1) is 18.4. The van der Waals surface area contributed by atoms with Crippen LogP contribution in [-0.2, 0) is 4.43 Å². The second-order valence-corrected chi connectivity index (χ2v) is 17.8. The normalized spacial score (nSPS) is 15.0. The number of hydrogen-bond acceptors (Lipinski definition) is 1. The zero-order chi connectivity index (χ0) is 14.8. The predicted octanol–water partition coefficient (Wildman–Crippen LogP) is 5.83. The van der Waals surface area contributed by atoms with Crippen LogP contribution in [0.2, 0.25) is 37.8 Å². The van der Waals surface area contributed by atoms with E-state index in [1.807, 2.05) is 0 Å². The van der Waals surface area contributed by atoms with Crippen LogP contribution < -0.4 is 0 Å². The number of rotatable bonds is 7. The zero-order valence-electron chi connectivity index (χ0n) is 14.5. The van der Waals surface area contributed by atoms with Gasteiger partial charge >= 0.3 is 0 Å². The van der Waals surface area contributed by atoms with E-state index in [0.717, 1.165) is 12.8 Å². The molecular weight excluding hydrogens is 252 g/mol. The molecule has 0 unspecified atom stereocenters. The van der Waals surface area contributed by atoms with Gasteiger partial charge < -0.3 is 4.43 Å². The summed E-state index contributed by atoms with van der Waals surface area (Å²) in [6.45, 7) is 23.9. The standard InChI is InChI=1S/C15H36OSi2/c1-11-14(4,5)18(9,10)16-15(12-2,13-3)17(6,7)8/h11-13H2,1-10H3. The molecule has 0 atom stereocenters. The van der Waals surface area contributed by atoms with Crippen molar-refractivity contribution in [1.82, 2.24) is 0 Å². The van der Waals surface area contributed by atoms with Gasteiger partial charge in [-0.15, -0.1) is 0 Å². The fourth-order valence-electron chi connectivity index (χ4n) is 2.66. The molecule has 0 aliphatic carbocycles. The highest BCUT2D eigenvalue weighted by Crippen LogP contribution is 2.45. The Labute approximate surface area is 118 Å². The first-order valence-corrected chi connectivity index (χ1v) is 14.0. The van der Waals surface area contributed by atoms with E-state index < -0.39 is 16.4 Å². The van der Waals surface area contributed by atoms with E-state index in [4.69, 9.17) is 4.43 Å². The Kier molecular flexibility index (Phi) is 5.93. The summed E-state index contributed by atoms with van der Waals surface area (Å²) in [5.41, 5.74) is 0. The van der Waals surface area contributed by atoms with Crippen LogP contribution in [0.4, 0.5) is 0 Å². The molecule has 0 heterocycles. The van der Waals surface area contributed by atoms with Crippen molar-refractivity contribution in [3.63, 3.8) is 0 Å². The molecule has 0 amide bonds. The van der Waals surface area contributed by atoms with Crippen molar-refractivity contribution in [2.45, 2.75) is 96.9 Å². The summed E-state index contributed by atoms with van der Waals surface area (Å²) in [6, 6.07) is 0. The SMILES string of the molecule is CCC(CC)(O[Si](C)(C)C(C)(C)CC)[Si](C)(C)C. The summed E-state index contributed by atoms with van der Waals surface area (Å²) >= 11 is 0. The first-order valence-electron chi connectivity index (χ1n) is 7.59. The van der Waals surface area contributed by atoms with E-state index in [-0.39, 0.29) is 5.22 Å². The minimum atomic E-state index is -1.68. The first-order chi connectivity index (χ1) is 7.89. The van der Waals surface area contributed by atoms with Gasteiger partial charge in [-0.2, -0.15) is 0 Å². The molecule has 1 nitrogen and oxygen atoms in total. The lowest BCUT2D eigenvalue weighted by atomic mass is 10.1. The molecule has 0 saturated heterocycles. The van der Waals surface area contributed by atoms with Gasteiger partial charge in [-0.25, -0.2) is 0 Å². The quantitative estimate of drug-likeness (QED) is 0.535. The van der Waals surface area contributed by atoms with Crippen molar-refractivity contribution >= 4 is 16.4 Å². The summed E-state index contributed by atoms with van der Waals surface area (Å²) in [6.07, 6.45) is 3.53. The van der Waals surface area contributed by atoms with Crippen LogP contribution in [-0.4, -0.2) is 21.6 Å². The van der Waals surface area contributed by atoms with Crippen molar-refractivity contribution in [3.05, 3.63) is 0 Å². The Morgan fingerprint density at radius 3 is 1.39 bits per heavy atom. The Morgan fingerprint density at radius 1 is 0.778 bits per heavy atom. The van der Waals surface area contributed by atoms with E-state index in [2.05, 4.69) is 67.4 Å². The van der Waals surface area contributed by atoms with Crippen molar-refractivity contribution < 1.29 is 4.43 Å². The third-order valence-electron chi connectivity index (χ3n) is 5.47. The van der Waals surface area contributed by atoms with Gasteiger partial charge in [0.05, 0.1) is 8.07 Å². The summed E-state index contributed by atoms with van der Waals surface area (Å²) < 4.78 is 6.94. The van der Waals surface area contributed by atoms with Crippen LogP contribution in [0.25, 0.3) is 0 Å². The lowest BCUT2D eigenvalue weighted by Gasteiger charge is -2.51. The van der Waals surface area contributed by atoms with Crippen molar-refractivity contribution in [2.24, 2.45) is 0 Å². The molecule has 0 N–H and O–H groups in total. The van der Waals surface area contributed by atoms with Gasteiger partial charge in [-0.05, 0) is 31.0 Å². The molecule has 3 heteroatoms. The van der Waals surface area contributed by atoms with Crippen LogP contribution in [0.1, 0.15) is 53.9 Å². The second-order valence-electron chi connectivity index (χ2n) is 7.80. The minimum absolute atomic E-state index is 0.162. The largest absolute Gasteiger partial charge is 0.414 e. The Morgan fingerprint density at radius 2 is 1.17 bits per heavy atom. The average molecular weight is 289 g/mol. The zero-order valence-corrected chi connectivity index (χ0v) is 16.5. The molecule has 0 aromatic carbocycles. The monoisotopic (exact) mass is 288 g/mol. The van der Waals surface area contributed by atoms with Gasteiger partial charge in [-0.3, -0.25) is 0 Å². The van der Waals surface area contributed by atoms with Gasteiger partial charge in [0.1, 0.15) is 0 Å². The van der Waals surface area contributed by atoms with Crippen LogP contribution in [0.3, 0.4) is 0 Å². The molecule has 0 radical (unpaired) electrons. The molecule has 0 aliphatic rings. The molecular formula is C15H36OSi2. The topological polar surface area (TPSA) is 9.23 Å². The van der Waals surface area contributed by atoms with E-state index >= 15 is 0 Å². The highest BCUT2D eigenvalue weighted by molar-refractivity contribution is 6.81. The molecule has 0 aromatic heterocycles. The van der Waals surface area contributed by atoms with Gasteiger partial charge in [0.25, 0.3) is 0 Å². The van der Waals surface area contributed by atoms with Crippen LogP contribution in [0.15, 0.2) is 0 Å². The van der Waals surface area contributed by atoms with Crippen LogP contribution in [0, 0.1) is 0 Å². The van der Waals surface area contributed by atoms with E-state index in [1.165, 1.54) is 6.42 Å². The van der Waals surface area contributed by atoms with Crippen molar-refractivity contribution in [2.75, 3.05) is 0 Å². The molecule has 0 spiro atoms. The summed E-state index contributed by atoms with van der Waals surface area (Å²) in [4.78, 5) is 0. The molecule has 110 valence electrons. The second kappa shape index (κ2) is 5.80. The van der Waals surface area contributed by atoms with Gasteiger partial charge in [0.15, 0.2) is 8.32 Å². The van der Waals surface area contributed by atoms with Gasteiger partial charge in [-0.1, -0.05) is 60.7 Å². The summed E-state index contributed by atoms with van der Waals surface area (Å²) in [7, 11) is -3.01. The van der Waals surface area contributed by atoms with E-state index in [1.54, 1.807) is 0 Å². The van der Waals surface area contributed by atoms with Crippen molar-refractivity contribution in [3.8, 4) is 0 Å². The van der Waals surface area contributed by atoms with Crippen molar-refractivity contribution in [1.29, 1.82) is 0 Å². The third-order valence-corrected chi connectivity index (χ3v) is 13.7. The Bertz CT molecular complexity index is 260. The molecule has 0 aliphatic heterocycles. The Balaban J connectivity index is 5.37. The molecule has 0 rings (SSSR count). The van der Waals surface area contributed by atoms with Crippen LogP contribution in [0.5, 0.6) is 0 Å².